The fourth-order valence-electron chi connectivity index (χ4n) is 2.74. The third-order valence-electron chi connectivity index (χ3n) is 4.65. The highest BCUT2D eigenvalue weighted by molar-refractivity contribution is 5.82. The molecule has 0 aliphatic carbocycles. The predicted molar refractivity (Wildman–Crippen MR) is 90.8 cm³/mol. The van der Waals surface area contributed by atoms with Crippen LogP contribution in [0.3, 0.4) is 0 Å². The van der Waals surface area contributed by atoms with Gasteiger partial charge in [0, 0.05) is 38.1 Å². The van der Waals surface area contributed by atoms with E-state index in [-0.39, 0.29) is 23.6 Å². The normalized spacial score (nSPS) is 18.0. The highest BCUT2D eigenvalue weighted by Gasteiger charge is 2.29. The number of hydrogen-bond donors (Lipinski definition) is 1. The van der Waals surface area contributed by atoms with Crippen LogP contribution in [-0.4, -0.2) is 41.0 Å². The molecular weight excluding hydrogens is 310 g/mol. The van der Waals surface area contributed by atoms with E-state index in [0.29, 0.717) is 18.8 Å². The summed E-state index contributed by atoms with van der Waals surface area (Å²) in [6, 6.07) is 5.63. The van der Waals surface area contributed by atoms with Gasteiger partial charge in [0.05, 0.1) is 11.0 Å². The van der Waals surface area contributed by atoms with E-state index in [1.54, 1.807) is 12.1 Å². The number of rotatable bonds is 6. The van der Waals surface area contributed by atoms with Gasteiger partial charge >= 0.3 is 0 Å². The number of nitro benzene ring substituents is 1. The third kappa shape index (κ3) is 4.44. The van der Waals surface area contributed by atoms with Crippen molar-refractivity contribution in [1.82, 2.24) is 4.90 Å². The highest BCUT2D eigenvalue weighted by atomic mass is 16.6. The van der Waals surface area contributed by atoms with Crippen molar-refractivity contribution in [2.45, 2.75) is 45.3 Å². The zero-order valence-electron chi connectivity index (χ0n) is 14.2. The zero-order valence-corrected chi connectivity index (χ0v) is 14.2. The average Bonchev–Trinajstić information content (AvgIpc) is 2.61. The summed E-state index contributed by atoms with van der Waals surface area (Å²) in [7, 11) is 0. The summed E-state index contributed by atoms with van der Waals surface area (Å²) >= 11 is 0. The second-order valence-corrected chi connectivity index (χ2v) is 6.30. The Morgan fingerprint density at radius 2 is 1.96 bits per heavy atom. The first-order valence-electron chi connectivity index (χ1n) is 8.37. The van der Waals surface area contributed by atoms with Crippen molar-refractivity contribution in [3.8, 4) is 5.75 Å². The third-order valence-corrected chi connectivity index (χ3v) is 4.65. The fraction of sp³-hybridized carbons (Fsp3) is 0.588. The Hall–Kier alpha value is -2.15. The smallest absolute Gasteiger partial charge is 0.269 e. The predicted octanol–water partition coefficient (Wildman–Crippen LogP) is 2.34. The van der Waals surface area contributed by atoms with Crippen LogP contribution in [0.25, 0.3) is 0 Å². The number of likely N-dealkylation sites (tertiary alicyclic amines) is 1. The van der Waals surface area contributed by atoms with E-state index in [0.717, 1.165) is 19.3 Å². The second-order valence-electron chi connectivity index (χ2n) is 6.30. The fourth-order valence-corrected chi connectivity index (χ4v) is 2.74. The van der Waals surface area contributed by atoms with Crippen molar-refractivity contribution in [1.29, 1.82) is 0 Å². The quantitative estimate of drug-likeness (QED) is 0.635. The van der Waals surface area contributed by atoms with Crippen LogP contribution < -0.4 is 10.5 Å². The first kappa shape index (κ1) is 18.2. The van der Waals surface area contributed by atoms with Gasteiger partial charge in [0.2, 0.25) is 5.91 Å². The number of nitrogens with zero attached hydrogens (tertiary/aromatic N) is 2. The average molecular weight is 335 g/mol. The molecule has 1 fully saturated rings. The molecule has 1 aromatic rings. The molecule has 1 heterocycles. The molecule has 1 aliphatic rings. The number of carbonyl (C=O) groups excluding carboxylic acids is 1. The maximum absolute atomic E-state index is 12.4. The van der Waals surface area contributed by atoms with Crippen LogP contribution in [0.15, 0.2) is 24.3 Å². The van der Waals surface area contributed by atoms with Crippen molar-refractivity contribution < 1.29 is 14.5 Å². The summed E-state index contributed by atoms with van der Waals surface area (Å²) in [5.41, 5.74) is 6.06. The van der Waals surface area contributed by atoms with Gasteiger partial charge in [0.15, 0.2) is 0 Å². The first-order chi connectivity index (χ1) is 11.4. The largest absolute Gasteiger partial charge is 0.490 e. The van der Waals surface area contributed by atoms with Crippen molar-refractivity contribution >= 4 is 11.6 Å². The number of piperidine rings is 1. The molecule has 0 saturated carbocycles. The number of ether oxygens (including phenoxy) is 1. The van der Waals surface area contributed by atoms with E-state index in [1.165, 1.54) is 12.1 Å². The molecule has 7 nitrogen and oxygen atoms in total. The molecule has 1 amide bonds. The number of non-ortho nitro benzene ring substituents is 1. The summed E-state index contributed by atoms with van der Waals surface area (Å²) in [6.45, 7) is 5.27. The van der Waals surface area contributed by atoms with Gasteiger partial charge in [-0.2, -0.15) is 0 Å². The molecule has 132 valence electrons. The van der Waals surface area contributed by atoms with Crippen LogP contribution in [0.2, 0.25) is 0 Å². The topological polar surface area (TPSA) is 98.7 Å². The molecule has 2 N–H and O–H groups in total. The molecule has 0 spiro atoms. The van der Waals surface area contributed by atoms with Gasteiger partial charge < -0.3 is 15.4 Å². The Kier molecular flexibility index (Phi) is 6.14. The standard InChI is InChI=1S/C17H25N3O4/c1-3-12(2)16(18)17(21)19-10-8-15(9-11-19)24-14-6-4-13(5-7-14)20(22)23/h4-7,12,15-16H,3,8-11,18H2,1-2H3. The van der Waals surface area contributed by atoms with E-state index in [9.17, 15) is 14.9 Å². The van der Waals surface area contributed by atoms with Crippen molar-refractivity contribution in [2.75, 3.05) is 13.1 Å². The van der Waals surface area contributed by atoms with E-state index in [2.05, 4.69) is 0 Å². The second kappa shape index (κ2) is 8.10. The van der Waals surface area contributed by atoms with Crippen LogP contribution in [0, 0.1) is 16.0 Å². The van der Waals surface area contributed by atoms with Crippen molar-refractivity contribution in [3.63, 3.8) is 0 Å². The lowest BCUT2D eigenvalue weighted by atomic mass is 9.97. The number of hydrogen-bond acceptors (Lipinski definition) is 5. The van der Waals surface area contributed by atoms with Gasteiger partial charge in [-0.25, -0.2) is 0 Å². The number of benzene rings is 1. The van der Waals surface area contributed by atoms with E-state index in [1.807, 2.05) is 18.7 Å². The van der Waals surface area contributed by atoms with Crippen LogP contribution in [-0.2, 0) is 4.79 Å². The maximum Gasteiger partial charge on any atom is 0.269 e. The van der Waals surface area contributed by atoms with Crippen LogP contribution in [0.1, 0.15) is 33.1 Å². The number of carbonyl (C=O) groups is 1. The van der Waals surface area contributed by atoms with Crippen molar-refractivity contribution in [3.05, 3.63) is 34.4 Å². The van der Waals surface area contributed by atoms with E-state index in [4.69, 9.17) is 10.5 Å². The monoisotopic (exact) mass is 335 g/mol. The van der Waals surface area contributed by atoms with Gasteiger partial charge in [-0.05, 0) is 18.1 Å². The molecule has 24 heavy (non-hydrogen) atoms. The lowest BCUT2D eigenvalue weighted by molar-refractivity contribution is -0.384. The molecule has 0 radical (unpaired) electrons. The highest BCUT2D eigenvalue weighted by Crippen LogP contribution is 2.22. The first-order valence-corrected chi connectivity index (χ1v) is 8.37. The molecule has 2 rings (SSSR count). The number of nitro groups is 1. The summed E-state index contributed by atoms with van der Waals surface area (Å²) in [6.07, 6.45) is 2.36. The van der Waals surface area contributed by atoms with Crippen LogP contribution >= 0.6 is 0 Å². The molecule has 2 unspecified atom stereocenters. The van der Waals surface area contributed by atoms with Crippen LogP contribution in [0.4, 0.5) is 5.69 Å². The van der Waals surface area contributed by atoms with Gasteiger partial charge in [-0.1, -0.05) is 20.3 Å². The summed E-state index contributed by atoms with van der Waals surface area (Å²) < 4.78 is 5.86. The maximum atomic E-state index is 12.4. The zero-order chi connectivity index (χ0) is 17.7. The Morgan fingerprint density at radius 1 is 1.38 bits per heavy atom. The molecule has 1 saturated heterocycles. The molecular formula is C17H25N3O4. The molecule has 0 bridgehead atoms. The Balaban J connectivity index is 1.84. The minimum absolute atomic E-state index is 0.00956. The van der Waals surface area contributed by atoms with Gasteiger partial charge in [0.1, 0.15) is 11.9 Å². The molecule has 1 aliphatic heterocycles. The Labute approximate surface area is 141 Å². The SMILES string of the molecule is CCC(C)C(N)C(=O)N1CCC(Oc2ccc([N+](=O)[O-])cc2)CC1. The lowest BCUT2D eigenvalue weighted by Crippen LogP contribution is -2.50. The van der Waals surface area contributed by atoms with E-state index < -0.39 is 11.0 Å². The molecule has 7 heteroatoms. The number of amides is 1. The Morgan fingerprint density at radius 3 is 2.46 bits per heavy atom. The summed E-state index contributed by atoms with van der Waals surface area (Å²) in [5.74, 6) is 0.798. The Bertz CT molecular complexity index is 568. The molecule has 2 atom stereocenters. The van der Waals surface area contributed by atoms with E-state index >= 15 is 0 Å². The van der Waals surface area contributed by atoms with Gasteiger partial charge in [-0.3, -0.25) is 14.9 Å². The van der Waals surface area contributed by atoms with Crippen molar-refractivity contribution in [2.24, 2.45) is 11.7 Å². The van der Waals surface area contributed by atoms with Gasteiger partial charge in [-0.15, -0.1) is 0 Å². The summed E-state index contributed by atoms with van der Waals surface area (Å²) in [4.78, 5) is 24.4. The summed E-state index contributed by atoms with van der Waals surface area (Å²) in [5, 5.41) is 10.6. The molecule has 1 aromatic carbocycles. The minimum Gasteiger partial charge on any atom is -0.490 e. The van der Waals surface area contributed by atoms with Crippen LogP contribution in [0.5, 0.6) is 5.75 Å². The minimum atomic E-state index is -0.442. The van der Waals surface area contributed by atoms with Gasteiger partial charge in [0.25, 0.3) is 5.69 Å². The molecule has 0 aromatic heterocycles. The lowest BCUT2D eigenvalue weighted by Gasteiger charge is -2.34. The number of nitrogens with two attached hydrogens (primary N) is 1.